The summed E-state index contributed by atoms with van der Waals surface area (Å²) < 4.78 is 6.08. The summed E-state index contributed by atoms with van der Waals surface area (Å²) in [6.07, 6.45) is 0.748. The van der Waals surface area contributed by atoms with Crippen LogP contribution in [0.2, 0.25) is 10.0 Å². The first kappa shape index (κ1) is 19.0. The van der Waals surface area contributed by atoms with E-state index in [2.05, 4.69) is 15.1 Å². The normalized spacial score (nSPS) is 15.3. The van der Waals surface area contributed by atoms with Crippen LogP contribution in [0.25, 0.3) is 0 Å². The third kappa shape index (κ3) is 4.50. The van der Waals surface area contributed by atoms with Gasteiger partial charge in [-0.25, -0.2) is 0 Å². The number of carbonyl (C=O) groups excluding carboxylic acids is 1. The molecule has 1 saturated heterocycles. The van der Waals surface area contributed by atoms with E-state index >= 15 is 0 Å². The van der Waals surface area contributed by atoms with Gasteiger partial charge in [0.25, 0.3) is 0 Å². The molecule has 6 nitrogen and oxygen atoms in total. The van der Waals surface area contributed by atoms with Gasteiger partial charge in [0.05, 0.1) is 5.69 Å². The molecule has 0 radical (unpaired) electrons. The lowest BCUT2D eigenvalue weighted by Crippen LogP contribution is -2.47. The Labute approximate surface area is 163 Å². The number of benzene rings is 1. The molecule has 1 aliphatic rings. The SMILES string of the molecule is CCc1n[nH]c(CN2CCN(C(C)=O)CC2)c1Oc1cc(Cl)cc(Cl)c1. The Hall–Kier alpha value is -1.76. The molecule has 26 heavy (non-hydrogen) atoms. The minimum absolute atomic E-state index is 0.126. The molecule has 0 spiro atoms. The summed E-state index contributed by atoms with van der Waals surface area (Å²) in [6, 6.07) is 5.13. The quantitative estimate of drug-likeness (QED) is 0.835. The number of aromatic nitrogens is 2. The van der Waals surface area contributed by atoms with Crippen molar-refractivity contribution in [2.75, 3.05) is 26.2 Å². The maximum Gasteiger partial charge on any atom is 0.219 e. The van der Waals surface area contributed by atoms with Gasteiger partial charge in [0.2, 0.25) is 5.91 Å². The third-order valence-electron chi connectivity index (χ3n) is 4.45. The zero-order valence-electron chi connectivity index (χ0n) is 14.9. The van der Waals surface area contributed by atoms with Crippen LogP contribution >= 0.6 is 23.2 Å². The van der Waals surface area contributed by atoms with Gasteiger partial charge in [-0.1, -0.05) is 30.1 Å². The zero-order valence-corrected chi connectivity index (χ0v) is 16.4. The molecule has 0 unspecified atom stereocenters. The number of nitrogens with one attached hydrogen (secondary N) is 1. The highest BCUT2D eigenvalue weighted by atomic mass is 35.5. The van der Waals surface area contributed by atoms with Crippen molar-refractivity contribution in [2.24, 2.45) is 0 Å². The molecule has 1 N–H and O–H groups in total. The molecule has 1 aromatic heterocycles. The van der Waals surface area contributed by atoms with Crippen LogP contribution < -0.4 is 4.74 Å². The summed E-state index contributed by atoms with van der Waals surface area (Å²) >= 11 is 12.1. The number of nitrogens with zero attached hydrogens (tertiary/aromatic N) is 3. The Kier molecular flexibility index (Phi) is 6.06. The molecular weight excluding hydrogens is 375 g/mol. The number of aromatic amines is 1. The lowest BCUT2D eigenvalue weighted by atomic mass is 10.2. The van der Waals surface area contributed by atoms with Crippen LogP contribution in [0.1, 0.15) is 25.2 Å². The van der Waals surface area contributed by atoms with E-state index in [4.69, 9.17) is 27.9 Å². The first-order valence-corrected chi connectivity index (χ1v) is 9.39. The molecule has 2 heterocycles. The maximum absolute atomic E-state index is 11.5. The van der Waals surface area contributed by atoms with Gasteiger partial charge < -0.3 is 9.64 Å². The number of carbonyl (C=O) groups is 1. The van der Waals surface area contributed by atoms with Crippen molar-refractivity contribution < 1.29 is 9.53 Å². The molecule has 1 amide bonds. The number of aryl methyl sites for hydroxylation is 1. The van der Waals surface area contributed by atoms with Gasteiger partial charge in [0, 0.05) is 49.7 Å². The number of halogens is 2. The van der Waals surface area contributed by atoms with Crippen molar-refractivity contribution in [3.05, 3.63) is 39.6 Å². The van der Waals surface area contributed by atoms with Crippen LogP contribution in [-0.4, -0.2) is 52.1 Å². The topological polar surface area (TPSA) is 61.5 Å². The predicted octanol–water partition coefficient (Wildman–Crippen LogP) is 3.74. The lowest BCUT2D eigenvalue weighted by molar-refractivity contribution is -0.130. The second-order valence-corrected chi connectivity index (χ2v) is 7.19. The number of amides is 1. The van der Waals surface area contributed by atoms with Gasteiger partial charge >= 0.3 is 0 Å². The summed E-state index contributed by atoms with van der Waals surface area (Å²) in [5.41, 5.74) is 1.77. The van der Waals surface area contributed by atoms with Crippen LogP contribution in [0.5, 0.6) is 11.5 Å². The number of piperazine rings is 1. The molecule has 1 aromatic carbocycles. The van der Waals surface area contributed by atoms with Crippen LogP contribution in [0, 0.1) is 0 Å². The van der Waals surface area contributed by atoms with E-state index in [1.165, 1.54) is 0 Å². The molecule has 8 heteroatoms. The van der Waals surface area contributed by atoms with E-state index < -0.39 is 0 Å². The summed E-state index contributed by atoms with van der Waals surface area (Å²) in [4.78, 5) is 15.6. The summed E-state index contributed by atoms with van der Waals surface area (Å²) in [5, 5.41) is 8.52. The van der Waals surface area contributed by atoms with Crippen molar-refractivity contribution in [3.63, 3.8) is 0 Å². The number of ether oxygens (including phenoxy) is 1. The second kappa shape index (κ2) is 8.29. The van der Waals surface area contributed by atoms with Crippen molar-refractivity contribution >= 4 is 29.1 Å². The summed E-state index contributed by atoms with van der Waals surface area (Å²) in [7, 11) is 0. The molecule has 3 rings (SSSR count). The van der Waals surface area contributed by atoms with Crippen molar-refractivity contribution in [3.8, 4) is 11.5 Å². The number of hydrogen-bond donors (Lipinski definition) is 1. The van der Waals surface area contributed by atoms with E-state index in [-0.39, 0.29) is 5.91 Å². The Balaban J connectivity index is 1.74. The Morgan fingerprint density at radius 2 is 1.85 bits per heavy atom. The summed E-state index contributed by atoms with van der Waals surface area (Å²) in [6.45, 7) is 7.45. The highest BCUT2D eigenvalue weighted by Gasteiger charge is 2.22. The van der Waals surface area contributed by atoms with E-state index in [9.17, 15) is 4.79 Å². The monoisotopic (exact) mass is 396 g/mol. The minimum Gasteiger partial charge on any atom is -0.453 e. The molecule has 1 aliphatic heterocycles. The largest absolute Gasteiger partial charge is 0.453 e. The third-order valence-corrected chi connectivity index (χ3v) is 4.89. The van der Waals surface area contributed by atoms with E-state index in [0.717, 1.165) is 49.7 Å². The fourth-order valence-corrected chi connectivity index (χ4v) is 3.53. The van der Waals surface area contributed by atoms with Gasteiger partial charge in [0.15, 0.2) is 5.75 Å². The first-order valence-electron chi connectivity index (χ1n) is 8.64. The van der Waals surface area contributed by atoms with Crippen molar-refractivity contribution in [2.45, 2.75) is 26.8 Å². The van der Waals surface area contributed by atoms with E-state index in [1.54, 1.807) is 25.1 Å². The fourth-order valence-electron chi connectivity index (χ4n) is 3.03. The molecular formula is C18H22Cl2N4O2. The van der Waals surface area contributed by atoms with Gasteiger partial charge in [-0.15, -0.1) is 0 Å². The van der Waals surface area contributed by atoms with Crippen LogP contribution in [0.3, 0.4) is 0 Å². The molecule has 0 atom stereocenters. The Morgan fingerprint density at radius 3 is 2.42 bits per heavy atom. The highest BCUT2D eigenvalue weighted by Crippen LogP contribution is 2.32. The number of hydrogen-bond acceptors (Lipinski definition) is 4. The predicted molar refractivity (Wildman–Crippen MR) is 102 cm³/mol. The molecule has 0 aliphatic carbocycles. The standard InChI is InChI=1S/C18H22Cl2N4O2/c1-3-16-18(26-15-9-13(19)8-14(20)10-15)17(22-21-16)11-23-4-6-24(7-5-23)12(2)25/h8-10H,3-7,11H2,1-2H3,(H,21,22). The number of H-pyrrole nitrogens is 1. The number of rotatable bonds is 5. The molecule has 0 bridgehead atoms. The van der Waals surface area contributed by atoms with Crippen LogP contribution in [-0.2, 0) is 17.8 Å². The maximum atomic E-state index is 11.5. The van der Waals surface area contributed by atoms with E-state index in [1.807, 2.05) is 11.8 Å². The van der Waals surface area contributed by atoms with Gasteiger partial charge in [-0.3, -0.25) is 14.8 Å². The van der Waals surface area contributed by atoms with E-state index in [0.29, 0.717) is 22.3 Å². The highest BCUT2D eigenvalue weighted by molar-refractivity contribution is 6.34. The van der Waals surface area contributed by atoms with Gasteiger partial charge in [0.1, 0.15) is 11.4 Å². The molecule has 140 valence electrons. The average Bonchev–Trinajstić information content (AvgIpc) is 2.96. The van der Waals surface area contributed by atoms with Crippen molar-refractivity contribution in [1.29, 1.82) is 0 Å². The second-order valence-electron chi connectivity index (χ2n) is 6.32. The molecule has 0 saturated carbocycles. The minimum atomic E-state index is 0.126. The Morgan fingerprint density at radius 1 is 1.19 bits per heavy atom. The molecule has 2 aromatic rings. The fraction of sp³-hybridized carbons (Fsp3) is 0.444. The van der Waals surface area contributed by atoms with Crippen LogP contribution in [0.4, 0.5) is 0 Å². The average molecular weight is 397 g/mol. The van der Waals surface area contributed by atoms with Gasteiger partial charge in [-0.2, -0.15) is 5.10 Å². The zero-order chi connectivity index (χ0) is 18.7. The Bertz CT molecular complexity index is 765. The van der Waals surface area contributed by atoms with Gasteiger partial charge in [-0.05, 0) is 24.6 Å². The smallest absolute Gasteiger partial charge is 0.219 e. The lowest BCUT2D eigenvalue weighted by Gasteiger charge is -2.33. The van der Waals surface area contributed by atoms with Crippen LogP contribution in [0.15, 0.2) is 18.2 Å². The first-order chi connectivity index (χ1) is 12.5. The molecule has 1 fully saturated rings. The summed E-state index contributed by atoms with van der Waals surface area (Å²) in [5.74, 6) is 1.43. The van der Waals surface area contributed by atoms with Crippen molar-refractivity contribution in [1.82, 2.24) is 20.0 Å².